The zero-order chi connectivity index (χ0) is 8.27. The summed E-state index contributed by atoms with van der Waals surface area (Å²) < 4.78 is 5.11. The summed E-state index contributed by atoms with van der Waals surface area (Å²) >= 11 is 0. The summed E-state index contributed by atoms with van der Waals surface area (Å²) in [7, 11) is 1.83. The number of hydrogen-bond donors (Lipinski definition) is 1. The van der Waals surface area contributed by atoms with E-state index in [-0.39, 0.29) is 6.04 Å². The Morgan fingerprint density at radius 3 is 2.82 bits per heavy atom. The molecule has 0 aliphatic heterocycles. The van der Waals surface area contributed by atoms with Crippen LogP contribution < -0.4 is 5.32 Å². The molecule has 1 aromatic heterocycles. The number of rotatable bonds is 2. The lowest BCUT2D eigenvalue weighted by atomic mass is 10.1. The smallest absolute Gasteiger partial charge is 0.101 e. The molecule has 0 saturated heterocycles. The second-order valence-corrected chi connectivity index (χ2v) is 2.38. The summed E-state index contributed by atoms with van der Waals surface area (Å²) in [6.45, 7) is 1.90. The lowest BCUT2D eigenvalue weighted by Gasteiger charge is -2.03. The maximum absolute atomic E-state index is 5.27. The molecule has 0 saturated carbocycles. The van der Waals surface area contributed by atoms with E-state index in [0.717, 1.165) is 11.3 Å². The fourth-order valence-electron chi connectivity index (χ4n) is 0.961. The molecule has 2 nitrogen and oxygen atoms in total. The van der Waals surface area contributed by atoms with E-state index < -0.39 is 0 Å². The van der Waals surface area contributed by atoms with Crippen molar-refractivity contribution in [3.05, 3.63) is 23.7 Å². The molecule has 0 aliphatic rings. The van der Waals surface area contributed by atoms with Gasteiger partial charge in [0.25, 0.3) is 0 Å². The lowest BCUT2D eigenvalue weighted by molar-refractivity contribution is 0.529. The summed E-state index contributed by atoms with van der Waals surface area (Å²) in [6, 6.07) is 1.90. The predicted octanol–water partition coefficient (Wildman–Crippen LogP) is 1.48. The van der Waals surface area contributed by atoms with Crippen molar-refractivity contribution >= 4 is 0 Å². The molecule has 0 aromatic carbocycles. The van der Waals surface area contributed by atoms with Crippen molar-refractivity contribution < 1.29 is 4.42 Å². The highest BCUT2D eigenvalue weighted by Gasteiger charge is 2.06. The van der Waals surface area contributed by atoms with Gasteiger partial charge in [0.15, 0.2) is 0 Å². The first-order valence-corrected chi connectivity index (χ1v) is 3.46. The van der Waals surface area contributed by atoms with Crippen molar-refractivity contribution in [2.24, 2.45) is 0 Å². The van der Waals surface area contributed by atoms with Gasteiger partial charge in [-0.15, -0.1) is 6.42 Å². The van der Waals surface area contributed by atoms with Crippen LogP contribution in [0.1, 0.15) is 17.4 Å². The van der Waals surface area contributed by atoms with E-state index in [1.54, 1.807) is 6.26 Å². The molecule has 0 spiro atoms. The third kappa shape index (κ3) is 1.63. The average Bonchev–Trinajstić information content (AvgIpc) is 2.39. The first-order chi connectivity index (χ1) is 5.27. The third-order valence-corrected chi connectivity index (χ3v) is 1.54. The van der Waals surface area contributed by atoms with E-state index >= 15 is 0 Å². The van der Waals surface area contributed by atoms with Crippen LogP contribution in [0.15, 0.2) is 16.7 Å². The SMILES string of the molecule is C#CC(NC)c1coc(C)c1. The first-order valence-electron chi connectivity index (χ1n) is 3.46. The molecule has 1 rings (SSSR count). The molecule has 1 unspecified atom stereocenters. The van der Waals surface area contributed by atoms with Crippen LogP contribution in [-0.4, -0.2) is 7.05 Å². The Hall–Kier alpha value is -1.20. The van der Waals surface area contributed by atoms with Crippen molar-refractivity contribution in [1.82, 2.24) is 5.32 Å². The van der Waals surface area contributed by atoms with Gasteiger partial charge in [0, 0.05) is 5.56 Å². The molecule has 1 atom stereocenters. The Morgan fingerprint density at radius 1 is 1.73 bits per heavy atom. The van der Waals surface area contributed by atoms with Gasteiger partial charge in [-0.05, 0) is 20.0 Å². The van der Waals surface area contributed by atoms with Gasteiger partial charge < -0.3 is 9.73 Å². The number of furan rings is 1. The quantitative estimate of drug-likeness (QED) is 0.644. The standard InChI is InChI=1S/C9H11NO/c1-4-9(10-3)8-5-7(2)11-6-8/h1,5-6,9-10H,2-3H3. The van der Waals surface area contributed by atoms with Crippen LogP contribution in [0.4, 0.5) is 0 Å². The molecular weight excluding hydrogens is 138 g/mol. The lowest BCUT2D eigenvalue weighted by Crippen LogP contribution is -2.12. The number of hydrogen-bond acceptors (Lipinski definition) is 2. The minimum Gasteiger partial charge on any atom is -0.469 e. The van der Waals surface area contributed by atoms with Crippen LogP contribution in [0.5, 0.6) is 0 Å². The third-order valence-electron chi connectivity index (χ3n) is 1.54. The predicted molar refractivity (Wildman–Crippen MR) is 44.1 cm³/mol. The molecular formula is C9H11NO. The van der Waals surface area contributed by atoms with Crippen molar-refractivity contribution in [1.29, 1.82) is 0 Å². The maximum atomic E-state index is 5.27. The van der Waals surface area contributed by atoms with E-state index in [0.29, 0.717) is 0 Å². The fraction of sp³-hybridized carbons (Fsp3) is 0.333. The normalized spacial score (nSPS) is 12.5. The zero-order valence-corrected chi connectivity index (χ0v) is 6.72. The molecule has 2 heteroatoms. The highest BCUT2D eigenvalue weighted by Crippen LogP contribution is 2.14. The monoisotopic (exact) mass is 149 g/mol. The summed E-state index contributed by atoms with van der Waals surface area (Å²) in [5, 5.41) is 2.99. The van der Waals surface area contributed by atoms with Gasteiger partial charge in [-0.2, -0.15) is 0 Å². The molecule has 0 aliphatic carbocycles. The zero-order valence-electron chi connectivity index (χ0n) is 6.72. The van der Waals surface area contributed by atoms with Gasteiger partial charge in [0.05, 0.1) is 12.3 Å². The maximum Gasteiger partial charge on any atom is 0.101 e. The Balaban J connectivity index is 2.84. The topological polar surface area (TPSA) is 25.2 Å². The van der Waals surface area contributed by atoms with Gasteiger partial charge in [0.2, 0.25) is 0 Å². The van der Waals surface area contributed by atoms with Gasteiger partial charge in [-0.1, -0.05) is 5.92 Å². The summed E-state index contributed by atoms with van der Waals surface area (Å²) in [5.74, 6) is 3.49. The van der Waals surface area contributed by atoms with Gasteiger partial charge >= 0.3 is 0 Å². The van der Waals surface area contributed by atoms with Crippen molar-refractivity contribution in [2.75, 3.05) is 7.05 Å². The average molecular weight is 149 g/mol. The minimum atomic E-state index is -0.0348. The molecule has 1 aromatic rings. The highest BCUT2D eigenvalue weighted by molar-refractivity contribution is 5.23. The molecule has 1 heterocycles. The second-order valence-electron chi connectivity index (χ2n) is 2.38. The van der Waals surface area contributed by atoms with Gasteiger partial charge in [0.1, 0.15) is 5.76 Å². The highest BCUT2D eigenvalue weighted by atomic mass is 16.3. The van der Waals surface area contributed by atoms with Crippen molar-refractivity contribution in [2.45, 2.75) is 13.0 Å². The molecule has 11 heavy (non-hydrogen) atoms. The minimum absolute atomic E-state index is 0.0348. The van der Waals surface area contributed by atoms with E-state index in [2.05, 4.69) is 11.2 Å². The van der Waals surface area contributed by atoms with E-state index in [9.17, 15) is 0 Å². The fourth-order valence-corrected chi connectivity index (χ4v) is 0.961. The van der Waals surface area contributed by atoms with Gasteiger partial charge in [-0.3, -0.25) is 0 Å². The van der Waals surface area contributed by atoms with E-state index in [4.69, 9.17) is 10.8 Å². The summed E-state index contributed by atoms with van der Waals surface area (Å²) in [4.78, 5) is 0. The second kappa shape index (κ2) is 3.27. The molecule has 0 radical (unpaired) electrons. The van der Waals surface area contributed by atoms with Crippen LogP contribution in [-0.2, 0) is 0 Å². The Kier molecular flexibility index (Phi) is 2.35. The van der Waals surface area contributed by atoms with Crippen LogP contribution >= 0.6 is 0 Å². The number of aryl methyl sites for hydroxylation is 1. The van der Waals surface area contributed by atoms with Crippen LogP contribution in [0.3, 0.4) is 0 Å². The van der Waals surface area contributed by atoms with E-state index in [1.165, 1.54) is 0 Å². The largest absolute Gasteiger partial charge is 0.469 e. The van der Waals surface area contributed by atoms with Crippen LogP contribution in [0, 0.1) is 19.3 Å². The first kappa shape index (κ1) is 7.90. The van der Waals surface area contributed by atoms with Crippen LogP contribution in [0.2, 0.25) is 0 Å². The Bertz CT molecular complexity index is 269. The van der Waals surface area contributed by atoms with Crippen LogP contribution in [0.25, 0.3) is 0 Å². The Morgan fingerprint density at radius 2 is 2.45 bits per heavy atom. The molecule has 1 N–H and O–H groups in total. The van der Waals surface area contributed by atoms with Gasteiger partial charge in [-0.25, -0.2) is 0 Å². The molecule has 0 amide bonds. The van der Waals surface area contributed by atoms with Crippen molar-refractivity contribution in [3.8, 4) is 12.3 Å². The summed E-state index contributed by atoms with van der Waals surface area (Å²) in [6.07, 6.45) is 6.95. The van der Waals surface area contributed by atoms with E-state index in [1.807, 2.05) is 20.0 Å². The summed E-state index contributed by atoms with van der Waals surface area (Å²) in [5.41, 5.74) is 1.01. The Labute approximate surface area is 66.6 Å². The van der Waals surface area contributed by atoms with Crippen molar-refractivity contribution in [3.63, 3.8) is 0 Å². The number of terminal acetylenes is 1. The number of nitrogens with one attached hydrogen (secondary N) is 1. The molecule has 0 fully saturated rings. The molecule has 0 bridgehead atoms. The molecule has 58 valence electrons.